The molecule has 1 unspecified atom stereocenters. The zero-order valence-corrected chi connectivity index (χ0v) is 18.9. The first-order valence-corrected chi connectivity index (χ1v) is 11.3. The summed E-state index contributed by atoms with van der Waals surface area (Å²) in [5.74, 6) is -0.676. The van der Waals surface area contributed by atoms with Gasteiger partial charge in [-0.2, -0.15) is 18.3 Å². The van der Waals surface area contributed by atoms with E-state index in [0.29, 0.717) is 12.4 Å². The van der Waals surface area contributed by atoms with Crippen molar-refractivity contribution in [1.29, 1.82) is 0 Å². The first-order chi connectivity index (χ1) is 16.8. The number of hydrogen-bond acceptors (Lipinski definition) is 5. The van der Waals surface area contributed by atoms with Crippen LogP contribution in [0, 0.1) is 5.82 Å². The van der Waals surface area contributed by atoms with Crippen molar-refractivity contribution in [3.05, 3.63) is 75.7 Å². The molecule has 3 aromatic rings. The summed E-state index contributed by atoms with van der Waals surface area (Å²) in [6, 6.07) is 9.14. The standard InChI is InChI=1S/C24H26F4N4O3/c25-19-12-17(11-18(24(26,27)28)22(19)16-7-3-1-4-8-16)20(14-33)35-15-32-21(29-30-23(32)34)13-31-9-5-2-6-10-31/h1,3-4,7-8,11-12,20,33H,2,5-6,9-10,13-15H2,(H,30,34). The molecule has 2 N–H and O–H groups in total. The second kappa shape index (κ2) is 10.7. The molecule has 2 heterocycles. The smallest absolute Gasteiger partial charge is 0.393 e. The van der Waals surface area contributed by atoms with Crippen LogP contribution in [-0.2, 0) is 24.2 Å². The summed E-state index contributed by atoms with van der Waals surface area (Å²) in [5, 5.41) is 16.2. The highest BCUT2D eigenvalue weighted by atomic mass is 19.4. The number of aromatic nitrogens is 3. The van der Waals surface area contributed by atoms with Gasteiger partial charge in [-0.25, -0.2) is 14.3 Å². The van der Waals surface area contributed by atoms with Crippen molar-refractivity contribution >= 4 is 0 Å². The molecule has 7 nitrogen and oxygen atoms in total. The number of hydrogen-bond donors (Lipinski definition) is 2. The second-order valence-electron chi connectivity index (χ2n) is 8.47. The molecule has 11 heteroatoms. The maximum atomic E-state index is 15.0. The van der Waals surface area contributed by atoms with Crippen LogP contribution < -0.4 is 5.69 Å². The highest BCUT2D eigenvalue weighted by molar-refractivity contribution is 5.69. The Kier molecular flexibility index (Phi) is 7.68. The van der Waals surface area contributed by atoms with E-state index in [2.05, 4.69) is 15.1 Å². The third-order valence-electron chi connectivity index (χ3n) is 6.07. The molecule has 0 spiro atoms. The van der Waals surface area contributed by atoms with E-state index in [4.69, 9.17) is 4.74 Å². The number of rotatable bonds is 8. The summed E-state index contributed by atoms with van der Waals surface area (Å²) in [5.41, 5.74) is -2.40. The van der Waals surface area contributed by atoms with Crippen molar-refractivity contribution in [1.82, 2.24) is 19.7 Å². The Labute approximate surface area is 199 Å². The molecule has 188 valence electrons. The van der Waals surface area contributed by atoms with Crippen molar-refractivity contribution in [3.63, 3.8) is 0 Å². The molecule has 4 rings (SSSR count). The minimum Gasteiger partial charge on any atom is -0.393 e. The number of alkyl halides is 3. The van der Waals surface area contributed by atoms with Crippen LogP contribution >= 0.6 is 0 Å². The Bertz CT molecular complexity index is 1190. The van der Waals surface area contributed by atoms with Crippen LogP contribution in [0.15, 0.2) is 47.3 Å². The Balaban J connectivity index is 1.59. The fourth-order valence-corrected chi connectivity index (χ4v) is 4.28. The van der Waals surface area contributed by atoms with Crippen molar-refractivity contribution < 1.29 is 27.4 Å². The van der Waals surface area contributed by atoms with E-state index < -0.39 is 41.5 Å². The highest BCUT2D eigenvalue weighted by Crippen LogP contribution is 2.40. The number of ether oxygens (including phenoxy) is 1. The van der Waals surface area contributed by atoms with Crippen LogP contribution in [0.5, 0.6) is 0 Å². The molecule has 1 aliphatic rings. The minimum atomic E-state index is -4.84. The van der Waals surface area contributed by atoms with Gasteiger partial charge in [-0.3, -0.25) is 9.47 Å². The number of benzene rings is 2. The zero-order valence-electron chi connectivity index (χ0n) is 18.9. The quantitative estimate of drug-likeness (QED) is 0.461. The van der Waals surface area contributed by atoms with Crippen LogP contribution in [0.25, 0.3) is 11.1 Å². The molecule has 0 saturated carbocycles. The van der Waals surface area contributed by atoms with E-state index >= 15 is 4.39 Å². The van der Waals surface area contributed by atoms with Gasteiger partial charge < -0.3 is 9.84 Å². The first-order valence-electron chi connectivity index (χ1n) is 11.3. The van der Waals surface area contributed by atoms with Gasteiger partial charge in [-0.1, -0.05) is 36.8 Å². The number of nitrogens with one attached hydrogen (secondary N) is 1. The van der Waals surface area contributed by atoms with Crippen LogP contribution in [0.1, 0.15) is 42.3 Å². The van der Waals surface area contributed by atoms with Crippen molar-refractivity contribution in [2.45, 2.75) is 44.8 Å². The summed E-state index contributed by atoms with van der Waals surface area (Å²) < 4.78 is 63.4. The number of likely N-dealkylation sites (tertiary alicyclic amines) is 1. The number of aromatic amines is 1. The fourth-order valence-electron chi connectivity index (χ4n) is 4.28. The normalized spacial score (nSPS) is 15.9. The fraction of sp³-hybridized carbons (Fsp3) is 0.417. The van der Waals surface area contributed by atoms with Crippen LogP contribution in [-0.4, -0.2) is 44.5 Å². The number of nitrogens with zero attached hydrogens (tertiary/aromatic N) is 3. The Morgan fingerprint density at radius 3 is 2.49 bits per heavy atom. The number of H-pyrrole nitrogens is 1. The molecule has 1 saturated heterocycles. The van der Waals surface area contributed by atoms with E-state index in [9.17, 15) is 23.1 Å². The van der Waals surface area contributed by atoms with E-state index in [0.717, 1.165) is 44.5 Å². The van der Waals surface area contributed by atoms with Crippen molar-refractivity contribution in [2.24, 2.45) is 0 Å². The Hall–Kier alpha value is -3.02. The van der Waals surface area contributed by atoms with Crippen molar-refractivity contribution in [3.8, 4) is 11.1 Å². The van der Waals surface area contributed by atoms with Crippen LogP contribution in [0.2, 0.25) is 0 Å². The van der Waals surface area contributed by atoms with Gasteiger partial charge in [0, 0.05) is 5.56 Å². The highest BCUT2D eigenvalue weighted by Gasteiger charge is 2.36. The Morgan fingerprint density at radius 1 is 1.11 bits per heavy atom. The summed E-state index contributed by atoms with van der Waals surface area (Å²) in [6.45, 7) is 1.07. The monoisotopic (exact) mass is 494 g/mol. The average molecular weight is 494 g/mol. The topological polar surface area (TPSA) is 83.4 Å². The predicted molar refractivity (Wildman–Crippen MR) is 120 cm³/mol. The van der Waals surface area contributed by atoms with Gasteiger partial charge >= 0.3 is 11.9 Å². The lowest BCUT2D eigenvalue weighted by Crippen LogP contribution is -2.32. The van der Waals surface area contributed by atoms with Gasteiger partial charge in [-0.15, -0.1) is 0 Å². The molecule has 2 aromatic carbocycles. The SMILES string of the molecule is O=c1[nH]nc(CN2CCCCC2)n1COC(CO)c1cc(F)c(-c2ccccc2)c(C(F)(F)F)c1. The van der Waals surface area contributed by atoms with Gasteiger partial charge in [-0.05, 0) is 49.2 Å². The van der Waals surface area contributed by atoms with Gasteiger partial charge in [0.25, 0.3) is 0 Å². The van der Waals surface area contributed by atoms with E-state index in [1.54, 1.807) is 6.07 Å². The molecule has 0 aliphatic carbocycles. The number of piperidine rings is 1. The maximum absolute atomic E-state index is 15.0. The van der Waals surface area contributed by atoms with Gasteiger partial charge in [0.2, 0.25) is 0 Å². The lowest BCUT2D eigenvalue weighted by Gasteiger charge is -2.26. The molecule has 0 amide bonds. The lowest BCUT2D eigenvalue weighted by atomic mass is 9.94. The molecule has 0 bridgehead atoms. The average Bonchev–Trinajstić information content (AvgIpc) is 3.18. The zero-order chi connectivity index (χ0) is 25.0. The predicted octanol–water partition coefficient (Wildman–Crippen LogP) is 4.09. The first kappa shape index (κ1) is 25.1. The summed E-state index contributed by atoms with van der Waals surface area (Å²) in [7, 11) is 0. The summed E-state index contributed by atoms with van der Waals surface area (Å²) in [6.07, 6.45) is -2.90. The maximum Gasteiger partial charge on any atom is 0.417 e. The molecular weight excluding hydrogens is 468 g/mol. The summed E-state index contributed by atoms with van der Waals surface area (Å²) >= 11 is 0. The van der Waals surface area contributed by atoms with E-state index in [1.165, 1.54) is 28.8 Å². The molecule has 1 aliphatic heterocycles. The number of halogens is 4. The minimum absolute atomic E-state index is 0.0812. The molecule has 1 atom stereocenters. The molecule has 0 radical (unpaired) electrons. The van der Waals surface area contributed by atoms with Crippen LogP contribution in [0.4, 0.5) is 17.6 Å². The molecule has 1 fully saturated rings. The van der Waals surface area contributed by atoms with Crippen molar-refractivity contribution in [2.75, 3.05) is 19.7 Å². The van der Waals surface area contributed by atoms with Crippen LogP contribution in [0.3, 0.4) is 0 Å². The van der Waals surface area contributed by atoms with E-state index in [1.807, 2.05) is 0 Å². The van der Waals surface area contributed by atoms with Gasteiger partial charge in [0.1, 0.15) is 24.5 Å². The molecule has 1 aromatic heterocycles. The van der Waals surface area contributed by atoms with Gasteiger partial charge in [0.15, 0.2) is 0 Å². The lowest BCUT2D eigenvalue weighted by molar-refractivity contribution is -0.137. The third-order valence-corrected chi connectivity index (χ3v) is 6.07. The molecule has 35 heavy (non-hydrogen) atoms. The Morgan fingerprint density at radius 2 is 1.83 bits per heavy atom. The second-order valence-corrected chi connectivity index (χ2v) is 8.47. The van der Waals surface area contributed by atoms with Gasteiger partial charge in [0.05, 0.1) is 18.7 Å². The third kappa shape index (κ3) is 5.80. The number of aliphatic hydroxyl groups excluding tert-OH is 1. The summed E-state index contributed by atoms with van der Waals surface area (Å²) in [4.78, 5) is 14.4. The number of aliphatic hydroxyl groups is 1. The molecular formula is C24H26F4N4O3. The van der Waals surface area contributed by atoms with E-state index in [-0.39, 0.29) is 17.9 Å². The largest absolute Gasteiger partial charge is 0.417 e.